The summed E-state index contributed by atoms with van der Waals surface area (Å²) in [4.78, 5) is 10.3. The molecule has 106 valence electrons. The van der Waals surface area contributed by atoms with Crippen LogP contribution in [0.15, 0.2) is 12.1 Å². The normalized spacial score (nSPS) is 12.2. The largest absolute Gasteiger partial charge is 0.396 e. The van der Waals surface area contributed by atoms with Crippen LogP contribution in [-0.2, 0) is 0 Å². The molecule has 0 amide bonds. The minimum absolute atomic E-state index is 0.0767. The molecule has 0 aliphatic heterocycles. The number of hydrogen-bond donors (Lipinski definition) is 2. The lowest BCUT2D eigenvalue weighted by Gasteiger charge is -2.16. The number of nitrogens with one attached hydrogen (secondary N) is 1. The summed E-state index contributed by atoms with van der Waals surface area (Å²) >= 11 is 5.89. The molecule has 6 heteroatoms. The van der Waals surface area contributed by atoms with E-state index in [0.29, 0.717) is 12.5 Å². The molecule has 1 aromatic rings. The zero-order valence-electron chi connectivity index (χ0n) is 11.1. The summed E-state index contributed by atoms with van der Waals surface area (Å²) in [6.45, 7) is 4.75. The molecule has 0 saturated carbocycles. The Bertz CT molecular complexity index is 452. The molecule has 1 aromatic carbocycles. The highest BCUT2D eigenvalue weighted by Gasteiger charge is 2.15. The maximum absolute atomic E-state index is 10.8. The third kappa shape index (κ3) is 4.36. The van der Waals surface area contributed by atoms with E-state index in [1.165, 1.54) is 6.07 Å². The average molecular weight is 287 g/mol. The molecule has 0 fully saturated rings. The molecule has 0 aliphatic carbocycles. The number of hydrogen-bond acceptors (Lipinski definition) is 4. The van der Waals surface area contributed by atoms with Gasteiger partial charge in [0.1, 0.15) is 5.02 Å². The number of aliphatic hydroxyl groups excluding tert-OH is 1. The number of rotatable bonds is 7. The summed E-state index contributed by atoms with van der Waals surface area (Å²) < 4.78 is 0. The van der Waals surface area contributed by atoms with Crippen molar-refractivity contribution in [1.82, 2.24) is 0 Å². The zero-order valence-corrected chi connectivity index (χ0v) is 11.9. The van der Waals surface area contributed by atoms with E-state index in [2.05, 4.69) is 12.2 Å². The quantitative estimate of drug-likeness (QED) is 0.595. The van der Waals surface area contributed by atoms with Crippen molar-refractivity contribution >= 4 is 23.0 Å². The van der Waals surface area contributed by atoms with Gasteiger partial charge in [0.15, 0.2) is 0 Å². The number of benzene rings is 1. The van der Waals surface area contributed by atoms with Gasteiger partial charge in [0.2, 0.25) is 0 Å². The lowest BCUT2D eigenvalue weighted by atomic mass is 10.0. The fraction of sp³-hybridized carbons (Fsp3) is 0.538. The lowest BCUT2D eigenvalue weighted by molar-refractivity contribution is -0.384. The van der Waals surface area contributed by atoms with Crippen LogP contribution in [-0.4, -0.2) is 23.2 Å². The van der Waals surface area contributed by atoms with Gasteiger partial charge < -0.3 is 10.4 Å². The second kappa shape index (κ2) is 7.31. The predicted molar refractivity (Wildman–Crippen MR) is 76.8 cm³/mol. The van der Waals surface area contributed by atoms with Gasteiger partial charge in [-0.2, -0.15) is 0 Å². The molecule has 1 unspecified atom stereocenters. The monoisotopic (exact) mass is 286 g/mol. The molecule has 0 aromatic heterocycles. The van der Waals surface area contributed by atoms with E-state index >= 15 is 0 Å². The molecular weight excluding hydrogens is 268 g/mol. The summed E-state index contributed by atoms with van der Waals surface area (Å²) in [5.41, 5.74) is 1.51. The second-order valence-electron chi connectivity index (χ2n) is 4.54. The fourth-order valence-electron chi connectivity index (χ4n) is 1.88. The SMILES string of the molecule is CCC(CCO)CNc1cc(Cl)c([N+](=O)[O-])cc1C. The van der Waals surface area contributed by atoms with Crippen LogP contribution < -0.4 is 5.32 Å². The molecule has 1 rings (SSSR count). The maximum atomic E-state index is 10.8. The van der Waals surface area contributed by atoms with Gasteiger partial charge in [0.25, 0.3) is 5.69 Å². The minimum atomic E-state index is -0.486. The van der Waals surface area contributed by atoms with E-state index in [1.807, 2.05) is 0 Å². The molecule has 0 saturated heterocycles. The van der Waals surface area contributed by atoms with Gasteiger partial charge >= 0.3 is 0 Å². The fourth-order valence-corrected chi connectivity index (χ4v) is 2.12. The van der Waals surface area contributed by atoms with E-state index < -0.39 is 4.92 Å². The summed E-state index contributed by atoms with van der Waals surface area (Å²) in [7, 11) is 0. The van der Waals surface area contributed by atoms with Crippen molar-refractivity contribution < 1.29 is 10.0 Å². The van der Waals surface area contributed by atoms with Crippen LogP contribution in [0.4, 0.5) is 11.4 Å². The van der Waals surface area contributed by atoms with Crippen LogP contribution >= 0.6 is 11.6 Å². The Morgan fingerprint density at radius 1 is 1.53 bits per heavy atom. The Hall–Kier alpha value is -1.33. The molecule has 0 radical (unpaired) electrons. The first-order valence-corrected chi connectivity index (χ1v) is 6.66. The van der Waals surface area contributed by atoms with Gasteiger partial charge in [-0.05, 0) is 30.9 Å². The number of nitro benzene ring substituents is 1. The van der Waals surface area contributed by atoms with Crippen LogP contribution in [0.3, 0.4) is 0 Å². The van der Waals surface area contributed by atoms with Crippen molar-refractivity contribution in [2.24, 2.45) is 5.92 Å². The van der Waals surface area contributed by atoms with Crippen LogP contribution in [0, 0.1) is 23.0 Å². The van der Waals surface area contributed by atoms with Gasteiger partial charge in [0.05, 0.1) is 4.92 Å². The Kier molecular flexibility index (Phi) is 6.05. The van der Waals surface area contributed by atoms with Crippen molar-refractivity contribution in [2.75, 3.05) is 18.5 Å². The molecular formula is C13H19ClN2O3. The number of nitrogens with zero attached hydrogens (tertiary/aromatic N) is 1. The highest BCUT2D eigenvalue weighted by atomic mass is 35.5. The molecule has 0 spiro atoms. The van der Waals surface area contributed by atoms with Crippen molar-refractivity contribution in [3.05, 3.63) is 32.8 Å². The summed E-state index contributed by atoms with van der Waals surface area (Å²) in [5.74, 6) is 0.373. The Balaban J connectivity index is 2.79. The van der Waals surface area contributed by atoms with E-state index in [1.54, 1.807) is 13.0 Å². The number of aliphatic hydroxyl groups is 1. The summed E-state index contributed by atoms with van der Waals surface area (Å²) in [6, 6.07) is 3.05. The molecule has 0 aliphatic rings. The third-order valence-corrected chi connectivity index (χ3v) is 3.49. The molecule has 5 nitrogen and oxygen atoms in total. The molecule has 0 bridgehead atoms. The van der Waals surface area contributed by atoms with Crippen molar-refractivity contribution in [2.45, 2.75) is 26.7 Å². The van der Waals surface area contributed by atoms with E-state index in [9.17, 15) is 10.1 Å². The van der Waals surface area contributed by atoms with Crippen molar-refractivity contribution in [3.8, 4) is 0 Å². The highest BCUT2D eigenvalue weighted by Crippen LogP contribution is 2.30. The summed E-state index contributed by atoms with van der Waals surface area (Å²) in [6.07, 6.45) is 1.70. The highest BCUT2D eigenvalue weighted by molar-refractivity contribution is 6.33. The first-order valence-electron chi connectivity index (χ1n) is 6.28. The van der Waals surface area contributed by atoms with Crippen molar-refractivity contribution in [3.63, 3.8) is 0 Å². The standard InChI is InChI=1S/C13H19ClN2O3/c1-3-10(4-5-17)8-15-12-7-11(14)13(16(18)19)6-9(12)2/h6-7,10,15,17H,3-5,8H2,1-2H3. The predicted octanol–water partition coefficient (Wildman–Crippen LogP) is 3.38. The Labute approximate surface area is 117 Å². The van der Waals surface area contributed by atoms with Crippen LogP contribution in [0.5, 0.6) is 0 Å². The molecule has 2 N–H and O–H groups in total. The van der Waals surface area contributed by atoms with Crippen LogP contribution in [0.2, 0.25) is 5.02 Å². The molecule has 1 atom stereocenters. The van der Waals surface area contributed by atoms with Gasteiger partial charge in [-0.3, -0.25) is 10.1 Å². The zero-order chi connectivity index (χ0) is 14.4. The third-order valence-electron chi connectivity index (χ3n) is 3.19. The van der Waals surface area contributed by atoms with Gasteiger partial charge in [-0.15, -0.1) is 0 Å². The van der Waals surface area contributed by atoms with Gasteiger partial charge in [-0.1, -0.05) is 24.9 Å². The van der Waals surface area contributed by atoms with Gasteiger partial charge in [0, 0.05) is 24.9 Å². The second-order valence-corrected chi connectivity index (χ2v) is 4.95. The number of aryl methyl sites for hydroxylation is 1. The molecule has 0 heterocycles. The van der Waals surface area contributed by atoms with E-state index in [4.69, 9.17) is 16.7 Å². The lowest BCUT2D eigenvalue weighted by Crippen LogP contribution is -2.15. The smallest absolute Gasteiger partial charge is 0.288 e. The van der Waals surface area contributed by atoms with E-state index in [-0.39, 0.29) is 17.3 Å². The number of anilines is 1. The summed E-state index contributed by atoms with van der Waals surface area (Å²) in [5, 5.41) is 23.1. The Morgan fingerprint density at radius 3 is 2.74 bits per heavy atom. The minimum Gasteiger partial charge on any atom is -0.396 e. The van der Waals surface area contributed by atoms with Crippen molar-refractivity contribution in [1.29, 1.82) is 0 Å². The topological polar surface area (TPSA) is 75.4 Å². The number of nitro groups is 1. The van der Waals surface area contributed by atoms with Gasteiger partial charge in [-0.25, -0.2) is 0 Å². The average Bonchev–Trinajstić information content (AvgIpc) is 2.37. The van der Waals surface area contributed by atoms with E-state index in [0.717, 1.165) is 24.1 Å². The number of halogens is 1. The van der Waals surface area contributed by atoms with Crippen LogP contribution in [0.1, 0.15) is 25.3 Å². The maximum Gasteiger partial charge on any atom is 0.288 e. The van der Waals surface area contributed by atoms with Crippen LogP contribution in [0.25, 0.3) is 0 Å². The first kappa shape index (κ1) is 15.7. The molecule has 19 heavy (non-hydrogen) atoms. The Morgan fingerprint density at radius 2 is 2.21 bits per heavy atom. The first-order chi connectivity index (χ1) is 8.99.